The molecule has 0 radical (unpaired) electrons. The molecule has 0 bridgehead atoms. The molecule has 2 aliphatic heterocycles. The highest BCUT2D eigenvalue weighted by Crippen LogP contribution is 2.32. The molecule has 1 saturated heterocycles. The van der Waals surface area contributed by atoms with E-state index in [1.807, 2.05) is 25.2 Å². The zero-order chi connectivity index (χ0) is 19.5. The lowest BCUT2D eigenvalue weighted by Crippen LogP contribution is -3.11. The Kier molecular flexibility index (Phi) is 5.72. The topological polar surface area (TPSA) is 82.7 Å². The van der Waals surface area contributed by atoms with Crippen LogP contribution < -0.4 is 19.7 Å². The summed E-state index contributed by atoms with van der Waals surface area (Å²) >= 11 is 1.69. The van der Waals surface area contributed by atoms with Gasteiger partial charge in [-0.15, -0.1) is 10.2 Å². The Hall–Kier alpha value is -2.26. The van der Waals surface area contributed by atoms with Crippen molar-refractivity contribution < 1.29 is 19.2 Å². The van der Waals surface area contributed by atoms with Crippen molar-refractivity contribution in [1.29, 1.82) is 0 Å². The number of hydrogen-bond acceptors (Lipinski definition) is 6. The minimum atomic E-state index is -0.0103. The number of ether oxygens (including phenoxy) is 2. The summed E-state index contributed by atoms with van der Waals surface area (Å²) in [5.41, 5.74) is 0.727. The number of carbonyl (C=O) groups excluding carboxylic acids is 1. The van der Waals surface area contributed by atoms with Crippen molar-refractivity contribution in [2.75, 3.05) is 37.4 Å². The van der Waals surface area contributed by atoms with Gasteiger partial charge in [0.2, 0.25) is 0 Å². The quantitative estimate of drug-likeness (QED) is 0.701. The number of amides is 1. The summed E-state index contributed by atoms with van der Waals surface area (Å²) in [7, 11) is 2.01. The molecule has 2 N–H and O–H groups in total. The van der Waals surface area contributed by atoms with Crippen LogP contribution in [0.3, 0.4) is 0 Å². The molecule has 1 aromatic heterocycles. The fourth-order valence-electron chi connectivity index (χ4n) is 3.85. The second-order valence-electron chi connectivity index (χ2n) is 7.02. The molecule has 1 amide bonds. The van der Waals surface area contributed by atoms with Gasteiger partial charge in [0.25, 0.3) is 5.91 Å². The van der Waals surface area contributed by atoms with Crippen LogP contribution in [0.15, 0.2) is 23.4 Å². The fraction of sp³-hybridized carbons (Fsp3) is 0.526. The van der Waals surface area contributed by atoms with Crippen LogP contribution >= 0.6 is 11.8 Å². The van der Waals surface area contributed by atoms with E-state index in [1.54, 1.807) is 11.8 Å². The summed E-state index contributed by atoms with van der Waals surface area (Å²) in [5, 5.41) is 12.6. The molecule has 2 atom stereocenters. The number of likely N-dealkylation sites (tertiary alicyclic amines) is 1. The van der Waals surface area contributed by atoms with Crippen LogP contribution in [0, 0.1) is 0 Å². The monoisotopic (exact) mass is 404 g/mol. The van der Waals surface area contributed by atoms with Gasteiger partial charge in [0.15, 0.2) is 29.0 Å². The molecular formula is C19H26N5O3S+. The number of thioether (sulfide) groups is 1. The Balaban J connectivity index is 1.41. The van der Waals surface area contributed by atoms with Gasteiger partial charge in [-0.25, -0.2) is 0 Å². The second-order valence-corrected chi connectivity index (χ2v) is 8.25. The van der Waals surface area contributed by atoms with Gasteiger partial charge in [0.05, 0.1) is 6.54 Å². The Bertz CT molecular complexity index is 856. The lowest BCUT2D eigenvalue weighted by molar-refractivity contribution is -0.911. The third-order valence-corrected chi connectivity index (χ3v) is 6.05. The summed E-state index contributed by atoms with van der Waals surface area (Å²) in [6.07, 6.45) is 2.11. The van der Waals surface area contributed by atoms with Crippen molar-refractivity contribution in [3.8, 4) is 11.5 Å². The second kappa shape index (κ2) is 8.40. The lowest BCUT2D eigenvalue weighted by Gasteiger charge is -2.21. The van der Waals surface area contributed by atoms with Crippen LogP contribution in [0.1, 0.15) is 31.6 Å². The molecule has 0 saturated carbocycles. The number of fused-ring (bicyclic) bond motifs is 1. The minimum absolute atomic E-state index is 0.0103. The van der Waals surface area contributed by atoms with Crippen molar-refractivity contribution in [2.45, 2.75) is 31.0 Å². The molecule has 2 aliphatic rings. The molecule has 4 rings (SSSR count). The van der Waals surface area contributed by atoms with Gasteiger partial charge in [-0.2, -0.15) is 0 Å². The number of rotatable bonds is 6. The smallest absolute Gasteiger partial charge is 0.279 e. The molecule has 1 fully saturated rings. The average Bonchev–Trinajstić information content (AvgIpc) is 3.28. The van der Waals surface area contributed by atoms with Crippen LogP contribution in [0.2, 0.25) is 0 Å². The molecule has 28 heavy (non-hydrogen) atoms. The Morgan fingerprint density at radius 3 is 2.96 bits per heavy atom. The van der Waals surface area contributed by atoms with Gasteiger partial charge in [0, 0.05) is 31.6 Å². The third-order valence-electron chi connectivity index (χ3n) is 5.15. The molecule has 0 spiro atoms. The van der Waals surface area contributed by atoms with Gasteiger partial charge in [-0.3, -0.25) is 4.79 Å². The SMILES string of the molecule is CCSc1nnc([C@@H]2CCC[NH+]2CC(=O)Nc2ccc3c(c2)OCCO3)n1C. The molecule has 0 aliphatic carbocycles. The summed E-state index contributed by atoms with van der Waals surface area (Å²) in [4.78, 5) is 13.9. The highest BCUT2D eigenvalue weighted by atomic mass is 32.2. The maximum atomic E-state index is 12.7. The number of nitrogens with zero attached hydrogens (tertiary/aromatic N) is 3. The third kappa shape index (κ3) is 3.95. The predicted octanol–water partition coefficient (Wildman–Crippen LogP) is 1.06. The van der Waals surface area contributed by atoms with E-state index in [0.29, 0.717) is 25.5 Å². The zero-order valence-electron chi connectivity index (χ0n) is 16.2. The van der Waals surface area contributed by atoms with Crippen molar-refractivity contribution >= 4 is 23.4 Å². The van der Waals surface area contributed by atoms with E-state index in [0.717, 1.165) is 47.6 Å². The first-order valence-corrected chi connectivity index (χ1v) is 10.7. The molecular weight excluding hydrogens is 378 g/mol. The standard InChI is InChI=1S/C19H25N5O3S/c1-3-28-19-22-21-18(23(19)2)14-5-4-8-24(14)12-17(25)20-13-6-7-15-16(11-13)27-10-9-26-15/h6-7,11,14H,3-5,8-10,12H2,1-2H3,(H,20,25)/p+1/t14-/m0/s1. The number of anilines is 1. The Labute approximate surface area is 168 Å². The average molecular weight is 405 g/mol. The van der Waals surface area contributed by atoms with Crippen LogP contribution in [-0.4, -0.2) is 52.7 Å². The van der Waals surface area contributed by atoms with E-state index in [1.165, 1.54) is 4.90 Å². The number of aromatic nitrogens is 3. The Morgan fingerprint density at radius 1 is 1.32 bits per heavy atom. The van der Waals surface area contributed by atoms with Gasteiger partial charge >= 0.3 is 0 Å². The van der Waals surface area contributed by atoms with Crippen LogP contribution in [-0.2, 0) is 11.8 Å². The number of carbonyl (C=O) groups is 1. The highest BCUT2D eigenvalue weighted by Gasteiger charge is 2.35. The van der Waals surface area contributed by atoms with E-state index < -0.39 is 0 Å². The minimum Gasteiger partial charge on any atom is -0.486 e. The summed E-state index contributed by atoms with van der Waals surface area (Å²) in [5.74, 6) is 3.32. The van der Waals surface area contributed by atoms with Crippen molar-refractivity contribution in [3.63, 3.8) is 0 Å². The number of quaternary nitrogens is 1. The lowest BCUT2D eigenvalue weighted by atomic mass is 10.2. The summed E-state index contributed by atoms with van der Waals surface area (Å²) in [6, 6.07) is 5.70. The zero-order valence-corrected chi connectivity index (χ0v) is 17.1. The molecule has 8 nitrogen and oxygen atoms in total. The Morgan fingerprint density at radius 2 is 2.14 bits per heavy atom. The number of hydrogen-bond donors (Lipinski definition) is 2. The fourth-order valence-corrected chi connectivity index (χ4v) is 4.50. The first kappa shape index (κ1) is 19.1. The molecule has 9 heteroatoms. The molecule has 3 heterocycles. The normalized spacial score (nSPS) is 20.9. The van der Waals surface area contributed by atoms with Gasteiger partial charge < -0.3 is 24.3 Å². The summed E-state index contributed by atoms with van der Waals surface area (Å²) < 4.78 is 13.2. The molecule has 1 aromatic carbocycles. The molecule has 150 valence electrons. The van der Waals surface area contributed by atoms with Crippen molar-refractivity contribution in [1.82, 2.24) is 14.8 Å². The van der Waals surface area contributed by atoms with Gasteiger partial charge in [-0.1, -0.05) is 18.7 Å². The summed E-state index contributed by atoms with van der Waals surface area (Å²) in [6.45, 7) is 4.55. The van der Waals surface area contributed by atoms with Gasteiger partial charge in [0.1, 0.15) is 19.3 Å². The maximum Gasteiger partial charge on any atom is 0.279 e. The maximum absolute atomic E-state index is 12.7. The van der Waals surface area contributed by atoms with Crippen LogP contribution in [0.25, 0.3) is 0 Å². The van der Waals surface area contributed by atoms with E-state index in [-0.39, 0.29) is 11.9 Å². The molecule has 1 unspecified atom stereocenters. The highest BCUT2D eigenvalue weighted by molar-refractivity contribution is 7.99. The van der Waals surface area contributed by atoms with Crippen molar-refractivity contribution in [3.05, 3.63) is 24.0 Å². The van der Waals surface area contributed by atoms with Crippen LogP contribution in [0.4, 0.5) is 5.69 Å². The molecule has 2 aromatic rings. The first-order valence-electron chi connectivity index (χ1n) is 9.72. The predicted molar refractivity (Wildman–Crippen MR) is 106 cm³/mol. The van der Waals surface area contributed by atoms with Crippen LogP contribution in [0.5, 0.6) is 11.5 Å². The van der Waals surface area contributed by atoms with E-state index in [4.69, 9.17) is 9.47 Å². The van der Waals surface area contributed by atoms with Crippen molar-refractivity contribution in [2.24, 2.45) is 7.05 Å². The number of benzene rings is 1. The number of nitrogens with one attached hydrogen (secondary N) is 2. The largest absolute Gasteiger partial charge is 0.486 e. The first-order chi connectivity index (χ1) is 13.7. The van der Waals surface area contributed by atoms with Gasteiger partial charge in [-0.05, 0) is 17.9 Å². The van der Waals surface area contributed by atoms with E-state index in [2.05, 4.69) is 27.0 Å². The van der Waals surface area contributed by atoms with E-state index in [9.17, 15) is 4.79 Å². The van der Waals surface area contributed by atoms with E-state index >= 15 is 0 Å².